The lowest BCUT2D eigenvalue weighted by atomic mass is 9.85. The van der Waals surface area contributed by atoms with E-state index in [2.05, 4.69) is 33.7 Å². The van der Waals surface area contributed by atoms with Crippen LogP contribution in [0.25, 0.3) is 11.1 Å². The van der Waals surface area contributed by atoms with Crippen molar-refractivity contribution < 1.29 is 18.7 Å². The number of amides is 1. The van der Waals surface area contributed by atoms with Gasteiger partial charge in [0, 0.05) is 43.4 Å². The Balaban J connectivity index is 1.67. The maximum Gasteiger partial charge on any atom is 0.258 e. The highest BCUT2D eigenvalue weighted by Crippen LogP contribution is 2.42. The van der Waals surface area contributed by atoms with E-state index < -0.39 is 6.04 Å². The van der Waals surface area contributed by atoms with Crippen LogP contribution in [0.5, 0.6) is 5.88 Å². The number of carbonyl (C=O) groups is 1. The lowest BCUT2D eigenvalue weighted by Crippen LogP contribution is -2.59. The minimum Gasteiger partial charge on any atom is -0.481 e. The maximum absolute atomic E-state index is 14.7. The van der Waals surface area contributed by atoms with Crippen LogP contribution in [0.3, 0.4) is 0 Å². The van der Waals surface area contributed by atoms with Gasteiger partial charge in [0.05, 0.1) is 43.3 Å². The highest BCUT2D eigenvalue weighted by atomic mass is 19.1. The average molecular weight is 535 g/mol. The Hall–Kier alpha value is -3.63. The second-order valence-corrected chi connectivity index (χ2v) is 10.4. The number of nitrogens with zero attached hydrogens (tertiary/aromatic N) is 5. The van der Waals surface area contributed by atoms with Gasteiger partial charge in [-0.1, -0.05) is 13.0 Å². The lowest BCUT2D eigenvalue weighted by Gasteiger charge is -2.48. The molecule has 1 aromatic carbocycles. The van der Waals surface area contributed by atoms with E-state index in [0.717, 1.165) is 25.1 Å². The molecule has 2 N–H and O–H groups in total. The third-order valence-electron chi connectivity index (χ3n) is 8.10. The first-order valence-electron chi connectivity index (χ1n) is 13.3. The number of pyridine rings is 1. The van der Waals surface area contributed by atoms with Gasteiger partial charge in [-0.2, -0.15) is 0 Å². The summed E-state index contributed by atoms with van der Waals surface area (Å²) in [4.78, 5) is 31.7. The van der Waals surface area contributed by atoms with Gasteiger partial charge in [-0.3, -0.25) is 9.69 Å². The average Bonchev–Trinajstić information content (AvgIpc) is 2.94. The molecule has 9 nitrogen and oxygen atoms in total. The van der Waals surface area contributed by atoms with Crippen LogP contribution in [0.2, 0.25) is 0 Å². The minimum atomic E-state index is -0.425. The van der Waals surface area contributed by atoms with Crippen LogP contribution < -0.4 is 10.5 Å². The zero-order valence-electron chi connectivity index (χ0n) is 22.9. The Morgan fingerprint density at radius 2 is 1.97 bits per heavy atom. The van der Waals surface area contributed by atoms with Gasteiger partial charge in [-0.25, -0.2) is 19.3 Å². The van der Waals surface area contributed by atoms with Crippen LogP contribution in [0.4, 0.5) is 10.3 Å². The van der Waals surface area contributed by atoms with E-state index in [1.165, 1.54) is 19.2 Å². The predicted molar refractivity (Wildman–Crippen MR) is 146 cm³/mol. The topological polar surface area (TPSA) is 107 Å². The summed E-state index contributed by atoms with van der Waals surface area (Å²) in [5, 5.41) is 0. The van der Waals surface area contributed by atoms with E-state index in [4.69, 9.17) is 15.2 Å². The summed E-state index contributed by atoms with van der Waals surface area (Å²) in [7, 11) is 1.54. The van der Waals surface area contributed by atoms with Crippen molar-refractivity contribution in [1.29, 1.82) is 0 Å². The smallest absolute Gasteiger partial charge is 0.258 e. The first-order valence-corrected chi connectivity index (χ1v) is 13.3. The summed E-state index contributed by atoms with van der Waals surface area (Å²) >= 11 is 0. The van der Waals surface area contributed by atoms with Gasteiger partial charge in [-0.05, 0) is 55.7 Å². The maximum atomic E-state index is 14.7. The first kappa shape index (κ1) is 27.0. The first-order chi connectivity index (χ1) is 18.8. The van der Waals surface area contributed by atoms with Crippen molar-refractivity contribution in [1.82, 2.24) is 24.8 Å². The van der Waals surface area contributed by atoms with Crippen molar-refractivity contribution in [3.63, 3.8) is 0 Å². The number of benzene rings is 1. The number of rotatable bonds is 7. The molecule has 0 aliphatic carbocycles. The van der Waals surface area contributed by atoms with E-state index in [1.54, 1.807) is 25.3 Å². The fourth-order valence-corrected chi connectivity index (χ4v) is 5.84. The number of hydrogen-bond acceptors (Lipinski definition) is 8. The molecule has 0 saturated carbocycles. The molecule has 4 heterocycles. The number of hydrogen-bond donors (Lipinski definition) is 1. The molecule has 2 aromatic heterocycles. The highest BCUT2D eigenvalue weighted by molar-refractivity contribution is 5.98. The number of fused-ring (bicyclic) bond motifs is 1. The molecule has 0 radical (unpaired) electrons. The molecule has 0 spiro atoms. The van der Waals surface area contributed by atoms with E-state index in [-0.39, 0.29) is 23.2 Å². The summed E-state index contributed by atoms with van der Waals surface area (Å²) in [6.45, 7) is 9.50. The third kappa shape index (κ3) is 5.06. The molecule has 1 saturated heterocycles. The Labute approximate surface area is 228 Å². The minimum absolute atomic E-state index is 0.131. The van der Waals surface area contributed by atoms with Crippen LogP contribution in [0.1, 0.15) is 53.6 Å². The van der Waals surface area contributed by atoms with E-state index in [9.17, 15) is 9.18 Å². The van der Waals surface area contributed by atoms with Crippen LogP contribution in [0.15, 0.2) is 36.5 Å². The van der Waals surface area contributed by atoms with Crippen LogP contribution in [-0.2, 0) is 11.2 Å². The molecule has 206 valence electrons. The van der Waals surface area contributed by atoms with Crippen molar-refractivity contribution >= 4 is 11.9 Å². The van der Waals surface area contributed by atoms with Gasteiger partial charge in [0.25, 0.3) is 5.91 Å². The lowest BCUT2D eigenvalue weighted by molar-refractivity contribution is -0.0327. The number of nitrogens with two attached hydrogens (primary N) is 1. The van der Waals surface area contributed by atoms with E-state index in [0.29, 0.717) is 60.1 Å². The van der Waals surface area contributed by atoms with Gasteiger partial charge >= 0.3 is 0 Å². The number of methoxy groups -OCH3 is 1. The SMILES string of the molecule is CCC(C)(CN1C(=O)c2c(C)nc(N)nc2CC1c1ccc(F)cc1-c1cccnc1OC)N1CCOCC1. The molecule has 1 fully saturated rings. The molecule has 5 rings (SSSR count). The molecule has 2 atom stereocenters. The van der Waals surface area contributed by atoms with Crippen molar-refractivity contribution in [3.8, 4) is 17.0 Å². The Kier molecular flexibility index (Phi) is 7.51. The van der Waals surface area contributed by atoms with Gasteiger partial charge < -0.3 is 20.1 Å². The number of aryl methyl sites for hydroxylation is 1. The third-order valence-corrected chi connectivity index (χ3v) is 8.10. The number of halogens is 1. The number of morpholine rings is 1. The molecule has 0 bridgehead atoms. The molecule has 39 heavy (non-hydrogen) atoms. The predicted octanol–water partition coefficient (Wildman–Crippen LogP) is 3.82. The molecular weight excluding hydrogens is 499 g/mol. The molecule has 3 aromatic rings. The summed E-state index contributed by atoms with van der Waals surface area (Å²) in [5.74, 6) is -0.0261. The Bertz CT molecular complexity index is 1380. The summed E-state index contributed by atoms with van der Waals surface area (Å²) < 4.78 is 25.9. The van der Waals surface area contributed by atoms with Crippen molar-refractivity contribution in [2.24, 2.45) is 0 Å². The van der Waals surface area contributed by atoms with Gasteiger partial charge in [0.15, 0.2) is 0 Å². The Morgan fingerprint density at radius 3 is 2.69 bits per heavy atom. The quantitative estimate of drug-likeness (QED) is 0.488. The monoisotopic (exact) mass is 534 g/mol. The summed E-state index contributed by atoms with van der Waals surface area (Å²) in [6, 6.07) is 7.87. The zero-order chi connectivity index (χ0) is 27.7. The fourth-order valence-electron chi connectivity index (χ4n) is 5.84. The fraction of sp³-hybridized carbons (Fsp3) is 0.448. The number of anilines is 1. The normalized spacial score (nSPS) is 19.5. The number of aromatic nitrogens is 3. The highest BCUT2D eigenvalue weighted by Gasteiger charge is 2.42. The summed E-state index contributed by atoms with van der Waals surface area (Å²) in [6.07, 6.45) is 2.88. The van der Waals surface area contributed by atoms with Crippen LogP contribution >= 0.6 is 0 Å². The zero-order valence-corrected chi connectivity index (χ0v) is 22.9. The van der Waals surface area contributed by atoms with Gasteiger partial charge in [-0.15, -0.1) is 0 Å². The second kappa shape index (κ2) is 10.9. The Morgan fingerprint density at radius 1 is 1.21 bits per heavy atom. The molecule has 2 aliphatic rings. The molecule has 1 amide bonds. The van der Waals surface area contributed by atoms with Crippen molar-refractivity contribution in [3.05, 3.63) is 64.9 Å². The van der Waals surface area contributed by atoms with Crippen molar-refractivity contribution in [2.45, 2.75) is 45.2 Å². The standard InChI is InChI=1S/C29H35FN6O3/c1-5-29(3,35-11-13-39-14-12-35)17-36-24(16-23-25(27(36)37)18(2)33-28(31)34-23)20-9-8-19(30)15-22(20)21-7-6-10-32-26(21)38-4/h6-10,15,24H,5,11-14,16-17H2,1-4H3,(H2,31,33,34). The molecule has 2 aliphatic heterocycles. The van der Waals surface area contributed by atoms with Crippen molar-refractivity contribution in [2.75, 3.05) is 45.7 Å². The summed E-state index contributed by atoms with van der Waals surface area (Å²) in [5.41, 5.74) is 9.41. The van der Waals surface area contributed by atoms with Crippen LogP contribution in [0, 0.1) is 12.7 Å². The molecule has 10 heteroatoms. The number of carbonyl (C=O) groups excluding carboxylic acids is 1. The number of ether oxygens (including phenoxy) is 2. The second-order valence-electron chi connectivity index (χ2n) is 10.4. The molecule has 2 unspecified atom stereocenters. The largest absolute Gasteiger partial charge is 0.481 e. The van der Waals surface area contributed by atoms with Gasteiger partial charge in [0.2, 0.25) is 11.8 Å². The van der Waals surface area contributed by atoms with E-state index >= 15 is 0 Å². The van der Waals surface area contributed by atoms with Crippen LogP contribution in [-0.4, -0.2) is 76.2 Å². The molecular formula is C29H35FN6O3. The van der Waals surface area contributed by atoms with Gasteiger partial charge in [0.1, 0.15) is 5.82 Å². The number of nitrogen functional groups attached to an aromatic ring is 1. The van der Waals surface area contributed by atoms with E-state index in [1.807, 2.05) is 11.0 Å².